The van der Waals surface area contributed by atoms with Gasteiger partial charge in [-0.2, -0.15) is 0 Å². The Bertz CT molecular complexity index is 885. The van der Waals surface area contributed by atoms with Crippen molar-refractivity contribution in [1.82, 2.24) is 4.57 Å². The van der Waals surface area contributed by atoms with Crippen LogP contribution >= 0.6 is 0 Å². The van der Waals surface area contributed by atoms with Crippen molar-refractivity contribution < 1.29 is 0 Å². The first kappa shape index (κ1) is 11.4. The minimum atomic E-state index is -0.0641. The van der Waals surface area contributed by atoms with Gasteiger partial charge in [0.15, 0.2) is 0 Å². The van der Waals surface area contributed by atoms with Crippen molar-refractivity contribution in [1.29, 1.82) is 0 Å². The summed E-state index contributed by atoms with van der Waals surface area (Å²) in [5.41, 5.74) is 7.27. The lowest BCUT2D eigenvalue weighted by molar-refractivity contribution is 0.846. The minimum Gasteiger partial charge on any atom is -0.399 e. The van der Waals surface area contributed by atoms with Crippen molar-refractivity contribution >= 4 is 27.4 Å². The van der Waals surface area contributed by atoms with Crippen molar-refractivity contribution in [3.63, 3.8) is 0 Å². The molecular weight excluding hydrogens is 236 g/mol. The van der Waals surface area contributed by atoms with Crippen LogP contribution in [0.3, 0.4) is 0 Å². The average molecular weight is 248 g/mol. The van der Waals surface area contributed by atoms with E-state index in [9.17, 15) is 4.79 Å². The van der Waals surface area contributed by atoms with Gasteiger partial charge in [-0.25, -0.2) is 0 Å². The van der Waals surface area contributed by atoms with E-state index in [1.54, 1.807) is 10.6 Å². The van der Waals surface area contributed by atoms with Gasteiger partial charge in [0.1, 0.15) is 0 Å². The predicted octanol–water partition coefficient (Wildman–Crippen LogP) is 2.37. The zero-order valence-electron chi connectivity index (χ0n) is 10.3. The first-order valence-corrected chi connectivity index (χ1v) is 5.96. The third-order valence-electron chi connectivity index (χ3n) is 3.25. The third-order valence-corrected chi connectivity index (χ3v) is 3.25. The Balaban J connectivity index is 2.63. The summed E-state index contributed by atoms with van der Waals surface area (Å²) in [6, 6.07) is 13.0. The number of pyridine rings is 1. The number of benzene rings is 2. The Morgan fingerprint density at radius 1 is 1.11 bits per heavy atom. The monoisotopic (exact) mass is 248 g/mol. The maximum atomic E-state index is 12.5. The van der Waals surface area contributed by atoms with Crippen molar-refractivity contribution in [2.45, 2.75) is 6.54 Å². The maximum absolute atomic E-state index is 12.5. The second kappa shape index (κ2) is 4.18. The zero-order chi connectivity index (χ0) is 13.4. The van der Waals surface area contributed by atoms with Gasteiger partial charge >= 0.3 is 0 Å². The van der Waals surface area contributed by atoms with Crippen LogP contribution in [0.5, 0.6) is 0 Å². The van der Waals surface area contributed by atoms with Crippen molar-refractivity contribution in [2.75, 3.05) is 5.73 Å². The number of aromatic nitrogens is 1. The molecule has 1 heterocycles. The van der Waals surface area contributed by atoms with Crippen LogP contribution in [-0.4, -0.2) is 4.57 Å². The fourth-order valence-corrected chi connectivity index (χ4v) is 2.41. The molecule has 0 unspecified atom stereocenters. The Hall–Kier alpha value is -2.73. The van der Waals surface area contributed by atoms with Crippen LogP contribution in [0.15, 0.2) is 47.3 Å². The van der Waals surface area contributed by atoms with E-state index >= 15 is 0 Å². The van der Waals surface area contributed by atoms with Crippen LogP contribution in [-0.2, 0) is 6.54 Å². The van der Waals surface area contributed by atoms with Gasteiger partial charge in [0.25, 0.3) is 5.56 Å². The van der Waals surface area contributed by atoms with E-state index in [1.807, 2.05) is 36.4 Å². The van der Waals surface area contributed by atoms with Gasteiger partial charge in [-0.15, -0.1) is 6.42 Å². The summed E-state index contributed by atoms with van der Waals surface area (Å²) in [5.74, 6) is 2.53. The number of nitrogens with zero attached hydrogens (tertiary/aromatic N) is 1. The molecule has 0 aliphatic heterocycles. The fraction of sp³-hybridized carbons (Fsp3) is 0.0625. The Kier molecular flexibility index (Phi) is 2.50. The van der Waals surface area contributed by atoms with Gasteiger partial charge in [0, 0.05) is 16.5 Å². The standard InChI is InChI=1S/C16H12N2O/c1-2-9-18-15-8-7-11(17)10-14(15)12-5-3-4-6-13(12)16(18)19/h1,3-8,10H,9,17H2. The lowest BCUT2D eigenvalue weighted by Gasteiger charge is -2.11. The molecule has 0 fully saturated rings. The summed E-state index contributed by atoms with van der Waals surface area (Å²) in [6.45, 7) is 0.254. The molecular formula is C16H12N2O. The number of nitrogen functional groups attached to an aromatic ring is 1. The van der Waals surface area contributed by atoms with E-state index in [2.05, 4.69) is 5.92 Å². The summed E-state index contributed by atoms with van der Waals surface area (Å²) in [7, 11) is 0. The number of fused-ring (bicyclic) bond motifs is 3. The van der Waals surface area contributed by atoms with Crippen LogP contribution in [0.25, 0.3) is 21.7 Å². The summed E-state index contributed by atoms with van der Waals surface area (Å²) in [6.07, 6.45) is 5.36. The average Bonchev–Trinajstić information content (AvgIpc) is 2.44. The number of terminal acetylenes is 1. The summed E-state index contributed by atoms with van der Waals surface area (Å²) in [4.78, 5) is 12.5. The topological polar surface area (TPSA) is 48.0 Å². The molecule has 2 N–H and O–H groups in total. The predicted molar refractivity (Wildman–Crippen MR) is 79.0 cm³/mol. The molecule has 3 aromatic rings. The number of nitrogens with two attached hydrogens (primary N) is 1. The van der Waals surface area contributed by atoms with Crippen molar-refractivity contribution in [3.05, 3.63) is 52.8 Å². The number of hydrogen-bond donors (Lipinski definition) is 1. The van der Waals surface area contributed by atoms with E-state index in [0.717, 1.165) is 16.3 Å². The van der Waals surface area contributed by atoms with Gasteiger partial charge in [0.05, 0.1) is 12.1 Å². The zero-order valence-corrected chi connectivity index (χ0v) is 10.3. The van der Waals surface area contributed by atoms with Crippen LogP contribution in [0.2, 0.25) is 0 Å². The van der Waals surface area contributed by atoms with Crippen molar-refractivity contribution in [3.8, 4) is 12.3 Å². The highest BCUT2D eigenvalue weighted by atomic mass is 16.1. The lowest BCUT2D eigenvalue weighted by Crippen LogP contribution is -2.20. The van der Waals surface area contributed by atoms with Crippen LogP contribution < -0.4 is 11.3 Å². The highest BCUT2D eigenvalue weighted by molar-refractivity contribution is 6.06. The molecule has 0 aliphatic rings. The van der Waals surface area contributed by atoms with Crippen LogP contribution in [0.4, 0.5) is 5.69 Å². The van der Waals surface area contributed by atoms with E-state index < -0.39 is 0 Å². The minimum absolute atomic E-state index is 0.0641. The van der Waals surface area contributed by atoms with Gasteiger partial charge in [-0.05, 0) is 29.7 Å². The molecule has 0 saturated heterocycles. The van der Waals surface area contributed by atoms with Gasteiger partial charge < -0.3 is 5.73 Å². The van der Waals surface area contributed by atoms with E-state index in [4.69, 9.17) is 12.2 Å². The highest BCUT2D eigenvalue weighted by Crippen LogP contribution is 2.24. The normalized spacial score (nSPS) is 10.7. The van der Waals surface area contributed by atoms with Crippen LogP contribution in [0, 0.1) is 12.3 Å². The smallest absolute Gasteiger partial charge is 0.259 e. The Labute approximate surface area is 110 Å². The molecule has 0 atom stereocenters. The maximum Gasteiger partial charge on any atom is 0.259 e. The second-order valence-corrected chi connectivity index (χ2v) is 4.42. The third kappa shape index (κ3) is 1.66. The van der Waals surface area contributed by atoms with Gasteiger partial charge in [-0.1, -0.05) is 24.1 Å². The largest absolute Gasteiger partial charge is 0.399 e. The number of anilines is 1. The first-order chi connectivity index (χ1) is 9.22. The fourth-order valence-electron chi connectivity index (χ4n) is 2.41. The molecule has 19 heavy (non-hydrogen) atoms. The molecule has 3 nitrogen and oxygen atoms in total. The molecule has 3 rings (SSSR count). The number of hydrogen-bond acceptors (Lipinski definition) is 2. The van der Waals surface area contributed by atoms with E-state index in [-0.39, 0.29) is 12.1 Å². The number of rotatable bonds is 1. The molecule has 2 aromatic carbocycles. The quantitative estimate of drug-likeness (QED) is 0.408. The lowest BCUT2D eigenvalue weighted by atomic mass is 10.1. The molecule has 1 aromatic heterocycles. The second-order valence-electron chi connectivity index (χ2n) is 4.42. The molecule has 92 valence electrons. The van der Waals surface area contributed by atoms with E-state index in [1.165, 1.54) is 0 Å². The van der Waals surface area contributed by atoms with Crippen LogP contribution in [0.1, 0.15) is 0 Å². The molecule has 0 amide bonds. The van der Waals surface area contributed by atoms with Gasteiger partial charge in [-0.3, -0.25) is 9.36 Å². The molecule has 0 aliphatic carbocycles. The van der Waals surface area contributed by atoms with E-state index in [0.29, 0.717) is 11.1 Å². The van der Waals surface area contributed by atoms with Crippen molar-refractivity contribution in [2.24, 2.45) is 0 Å². The molecule has 0 bridgehead atoms. The van der Waals surface area contributed by atoms with Gasteiger partial charge in [0.2, 0.25) is 0 Å². The summed E-state index contributed by atoms with van der Waals surface area (Å²) < 4.78 is 1.61. The Morgan fingerprint density at radius 3 is 2.58 bits per heavy atom. The molecule has 0 radical (unpaired) electrons. The summed E-state index contributed by atoms with van der Waals surface area (Å²) >= 11 is 0. The Morgan fingerprint density at radius 2 is 1.84 bits per heavy atom. The first-order valence-electron chi connectivity index (χ1n) is 5.96. The SMILES string of the molecule is C#CCn1c(=O)c2ccccc2c2cc(N)ccc21. The summed E-state index contributed by atoms with van der Waals surface area (Å²) in [5, 5.41) is 2.52. The molecule has 0 spiro atoms. The molecule has 3 heteroatoms. The highest BCUT2D eigenvalue weighted by Gasteiger charge is 2.09. The molecule has 0 saturated carbocycles.